The van der Waals surface area contributed by atoms with Crippen molar-refractivity contribution in [2.24, 2.45) is 0 Å². The summed E-state index contributed by atoms with van der Waals surface area (Å²) in [6, 6.07) is 7.29. The molecule has 1 aromatic carbocycles. The molecule has 0 aliphatic carbocycles. The molecular formula is C12H9N3O5S2. The highest BCUT2D eigenvalue weighted by atomic mass is 32.2. The van der Waals surface area contributed by atoms with Crippen LogP contribution in [0.25, 0.3) is 11.0 Å². The highest BCUT2D eigenvalue weighted by Crippen LogP contribution is 2.24. The molecule has 2 aromatic heterocycles. The summed E-state index contributed by atoms with van der Waals surface area (Å²) < 4.78 is 44.6. The number of carbonyl (C=O) groups excluding carboxylic acids is 1. The molecular weight excluding hydrogens is 330 g/mol. The van der Waals surface area contributed by atoms with E-state index in [0.717, 1.165) is 11.7 Å². The number of hydrogen-bond donors (Lipinski definition) is 1. The van der Waals surface area contributed by atoms with Gasteiger partial charge in [0, 0.05) is 6.07 Å². The molecule has 0 amide bonds. The van der Waals surface area contributed by atoms with E-state index >= 15 is 0 Å². The number of furan rings is 1. The number of fused-ring (bicyclic) bond motifs is 1. The van der Waals surface area contributed by atoms with Gasteiger partial charge in [-0.1, -0.05) is 6.07 Å². The lowest BCUT2D eigenvalue weighted by molar-refractivity contribution is 0.0566. The summed E-state index contributed by atoms with van der Waals surface area (Å²) in [4.78, 5) is 11.3. The van der Waals surface area contributed by atoms with Crippen molar-refractivity contribution in [1.82, 2.24) is 8.75 Å². The fraction of sp³-hybridized carbons (Fsp3) is 0.0833. The molecule has 0 unspecified atom stereocenters. The second-order valence-corrected chi connectivity index (χ2v) is 6.33. The van der Waals surface area contributed by atoms with Crippen LogP contribution in [0.3, 0.4) is 0 Å². The van der Waals surface area contributed by atoms with Gasteiger partial charge in [-0.2, -0.15) is 8.75 Å². The predicted molar refractivity (Wildman–Crippen MR) is 78.3 cm³/mol. The van der Waals surface area contributed by atoms with Crippen LogP contribution in [0.4, 0.5) is 5.88 Å². The lowest BCUT2D eigenvalue weighted by Gasteiger charge is -2.05. The summed E-state index contributed by atoms with van der Waals surface area (Å²) in [5.74, 6) is -0.898. The lowest BCUT2D eigenvalue weighted by Crippen LogP contribution is -2.13. The van der Waals surface area contributed by atoms with Crippen molar-refractivity contribution in [3.8, 4) is 0 Å². The highest BCUT2D eigenvalue weighted by Gasteiger charge is 2.22. The number of ether oxygens (including phenoxy) is 1. The minimum atomic E-state index is -3.92. The molecule has 0 bridgehead atoms. The van der Waals surface area contributed by atoms with Crippen molar-refractivity contribution >= 4 is 44.6 Å². The monoisotopic (exact) mass is 339 g/mol. The molecule has 0 saturated heterocycles. The van der Waals surface area contributed by atoms with Crippen LogP contribution < -0.4 is 4.72 Å². The lowest BCUT2D eigenvalue weighted by atomic mass is 10.3. The van der Waals surface area contributed by atoms with E-state index in [1.807, 2.05) is 0 Å². The van der Waals surface area contributed by atoms with E-state index in [9.17, 15) is 13.2 Å². The van der Waals surface area contributed by atoms with Gasteiger partial charge in [0.2, 0.25) is 11.6 Å². The van der Waals surface area contributed by atoms with E-state index in [1.54, 1.807) is 12.1 Å². The van der Waals surface area contributed by atoms with Gasteiger partial charge in [-0.15, -0.1) is 0 Å². The van der Waals surface area contributed by atoms with E-state index < -0.39 is 16.0 Å². The fourth-order valence-corrected chi connectivity index (χ4v) is 3.54. The van der Waals surface area contributed by atoms with E-state index in [2.05, 4.69) is 18.2 Å². The molecule has 3 aromatic rings. The van der Waals surface area contributed by atoms with Gasteiger partial charge in [-0.25, -0.2) is 17.9 Å². The smallest absolute Gasteiger partial charge is 0.374 e. The van der Waals surface area contributed by atoms with Crippen LogP contribution in [0.5, 0.6) is 0 Å². The summed E-state index contributed by atoms with van der Waals surface area (Å²) >= 11 is 0.924. The Balaban J connectivity index is 1.95. The Kier molecular flexibility index (Phi) is 3.54. The summed E-state index contributed by atoms with van der Waals surface area (Å²) in [6.45, 7) is 0. The molecule has 0 fully saturated rings. The molecule has 8 nitrogen and oxygen atoms in total. The number of nitrogens with one attached hydrogen (secondary N) is 1. The molecule has 10 heteroatoms. The number of esters is 1. The minimum absolute atomic E-state index is 0.0187. The normalized spacial score (nSPS) is 11.5. The minimum Gasteiger partial charge on any atom is -0.463 e. The van der Waals surface area contributed by atoms with Crippen molar-refractivity contribution < 1.29 is 22.4 Å². The van der Waals surface area contributed by atoms with Gasteiger partial charge in [-0.3, -0.25) is 0 Å². The summed E-state index contributed by atoms with van der Waals surface area (Å²) in [7, 11) is -2.72. The molecule has 0 saturated carbocycles. The van der Waals surface area contributed by atoms with Gasteiger partial charge in [0.15, 0.2) is 0 Å². The van der Waals surface area contributed by atoms with Gasteiger partial charge < -0.3 is 9.15 Å². The largest absolute Gasteiger partial charge is 0.463 e. The molecule has 0 radical (unpaired) electrons. The van der Waals surface area contributed by atoms with Crippen LogP contribution in [-0.4, -0.2) is 30.2 Å². The first-order valence-corrected chi connectivity index (χ1v) is 8.15. The Morgan fingerprint density at radius 3 is 2.86 bits per heavy atom. The first kappa shape index (κ1) is 14.5. The Morgan fingerprint density at radius 2 is 2.09 bits per heavy atom. The highest BCUT2D eigenvalue weighted by molar-refractivity contribution is 7.93. The van der Waals surface area contributed by atoms with Gasteiger partial charge >= 0.3 is 5.97 Å². The van der Waals surface area contributed by atoms with Crippen molar-refractivity contribution in [2.75, 3.05) is 11.8 Å². The number of aromatic nitrogens is 2. The molecule has 0 aliphatic rings. The van der Waals surface area contributed by atoms with Crippen molar-refractivity contribution in [2.45, 2.75) is 4.90 Å². The third-order valence-electron chi connectivity index (χ3n) is 2.77. The van der Waals surface area contributed by atoms with Gasteiger partial charge in [0.05, 0.1) is 18.8 Å². The Morgan fingerprint density at radius 1 is 1.27 bits per heavy atom. The SMILES string of the molecule is COC(=O)c1ccc(NS(=O)(=O)c2cccc3nsnc23)o1. The van der Waals surface area contributed by atoms with Crippen LogP contribution in [0.2, 0.25) is 0 Å². The standard InChI is InChI=1S/C12H9N3O5S2/c1-19-12(16)8-5-6-10(20-8)15-22(17,18)9-4-2-3-7-11(9)14-21-13-7/h2-6,15H,1H3. The van der Waals surface area contributed by atoms with Crippen molar-refractivity contribution in [1.29, 1.82) is 0 Å². The average Bonchev–Trinajstić information content (AvgIpc) is 3.14. The zero-order chi connectivity index (χ0) is 15.7. The first-order chi connectivity index (χ1) is 10.5. The summed E-state index contributed by atoms with van der Waals surface area (Å²) in [6.07, 6.45) is 0. The number of methoxy groups -OCH3 is 1. The number of anilines is 1. The molecule has 0 atom stereocenters. The quantitative estimate of drug-likeness (QED) is 0.722. The summed E-state index contributed by atoms with van der Waals surface area (Å²) in [5.41, 5.74) is 0.766. The Hall–Kier alpha value is -2.46. The van der Waals surface area contributed by atoms with E-state index in [-0.39, 0.29) is 22.1 Å². The second kappa shape index (κ2) is 5.39. The van der Waals surface area contributed by atoms with Crippen LogP contribution >= 0.6 is 11.7 Å². The van der Waals surface area contributed by atoms with Crippen LogP contribution in [0.15, 0.2) is 39.6 Å². The molecule has 114 valence electrons. The van der Waals surface area contributed by atoms with Gasteiger partial charge in [0.1, 0.15) is 15.9 Å². The average molecular weight is 339 g/mol. The molecule has 0 aliphatic heterocycles. The number of rotatable bonds is 4. The number of carbonyl (C=O) groups is 1. The zero-order valence-electron chi connectivity index (χ0n) is 11.1. The number of benzene rings is 1. The topological polar surface area (TPSA) is 111 Å². The van der Waals surface area contributed by atoms with Crippen LogP contribution in [0.1, 0.15) is 10.6 Å². The van der Waals surface area contributed by atoms with E-state index in [1.165, 1.54) is 25.3 Å². The summed E-state index contributed by atoms with van der Waals surface area (Å²) in [5, 5.41) is 0. The van der Waals surface area contributed by atoms with E-state index in [0.29, 0.717) is 5.52 Å². The van der Waals surface area contributed by atoms with Crippen LogP contribution in [0, 0.1) is 0 Å². The maximum Gasteiger partial charge on any atom is 0.374 e. The predicted octanol–water partition coefficient (Wildman–Crippen LogP) is 1.87. The van der Waals surface area contributed by atoms with Crippen LogP contribution in [-0.2, 0) is 14.8 Å². The van der Waals surface area contributed by atoms with Gasteiger partial charge in [0.25, 0.3) is 10.0 Å². The third kappa shape index (κ3) is 2.53. The Labute approximate surface area is 129 Å². The molecule has 0 spiro atoms. The molecule has 2 heterocycles. The maximum absolute atomic E-state index is 12.4. The molecule has 3 rings (SSSR count). The number of sulfonamides is 1. The zero-order valence-corrected chi connectivity index (χ0v) is 12.8. The third-order valence-corrected chi connectivity index (χ3v) is 4.69. The number of nitrogens with zero attached hydrogens (tertiary/aromatic N) is 2. The van der Waals surface area contributed by atoms with E-state index in [4.69, 9.17) is 4.42 Å². The molecule has 22 heavy (non-hydrogen) atoms. The first-order valence-electron chi connectivity index (χ1n) is 5.93. The Bertz CT molecular complexity index is 944. The van der Waals surface area contributed by atoms with Crippen molar-refractivity contribution in [3.05, 3.63) is 36.1 Å². The second-order valence-electron chi connectivity index (χ2n) is 4.15. The molecule has 1 N–H and O–H groups in total. The number of hydrogen-bond acceptors (Lipinski definition) is 8. The van der Waals surface area contributed by atoms with Crippen molar-refractivity contribution in [3.63, 3.8) is 0 Å². The maximum atomic E-state index is 12.4. The fourth-order valence-electron chi connectivity index (χ4n) is 1.79. The van der Waals surface area contributed by atoms with Gasteiger partial charge in [-0.05, 0) is 18.2 Å².